The number of nitrogens with zero attached hydrogens (tertiary/aromatic N) is 1. The lowest BCUT2D eigenvalue weighted by molar-refractivity contribution is 0.0999. The first kappa shape index (κ1) is 12.4. The van der Waals surface area contributed by atoms with Crippen LogP contribution >= 0.6 is 0 Å². The van der Waals surface area contributed by atoms with Gasteiger partial charge >= 0.3 is 0 Å². The molecule has 19 heavy (non-hydrogen) atoms. The van der Waals surface area contributed by atoms with E-state index in [9.17, 15) is 4.79 Å². The van der Waals surface area contributed by atoms with Crippen LogP contribution in [0.5, 0.6) is 0 Å². The van der Waals surface area contributed by atoms with E-state index in [1.807, 2.05) is 30.3 Å². The number of hydrogen-bond donors (Lipinski definition) is 1. The molecule has 100 valence electrons. The number of carbonyl (C=O) groups is 1. The number of fused-ring (bicyclic) bond motifs is 1. The van der Waals surface area contributed by atoms with Crippen LogP contribution in [0.1, 0.15) is 43.0 Å². The minimum absolute atomic E-state index is 0.149. The maximum absolute atomic E-state index is 12.2. The van der Waals surface area contributed by atoms with Crippen molar-refractivity contribution in [1.82, 2.24) is 5.32 Å². The highest BCUT2D eigenvalue weighted by Gasteiger charge is 2.35. The molecular weight excluding hydrogens is 236 g/mol. The summed E-state index contributed by atoms with van der Waals surface area (Å²) >= 11 is 0. The average molecular weight is 256 g/mol. The molecule has 1 saturated carbocycles. The molecule has 0 bridgehead atoms. The summed E-state index contributed by atoms with van der Waals surface area (Å²) in [4.78, 5) is 16.9. The van der Waals surface area contributed by atoms with Gasteiger partial charge in [-0.15, -0.1) is 0 Å². The van der Waals surface area contributed by atoms with Crippen LogP contribution in [0.3, 0.4) is 0 Å². The third kappa shape index (κ3) is 2.55. The van der Waals surface area contributed by atoms with Gasteiger partial charge in [0.2, 0.25) is 0 Å². The molecule has 0 saturated heterocycles. The molecular formula is C16H20N2O. The summed E-state index contributed by atoms with van der Waals surface area (Å²) in [6.07, 6.45) is 4.12. The fraction of sp³-hybridized carbons (Fsp3) is 0.500. The van der Waals surface area contributed by atoms with Gasteiger partial charge in [0.15, 0.2) is 5.78 Å². The Morgan fingerprint density at radius 2 is 2.11 bits per heavy atom. The third-order valence-corrected chi connectivity index (χ3v) is 4.31. The van der Waals surface area contributed by atoms with Gasteiger partial charge in [-0.05, 0) is 19.8 Å². The predicted octanol–water partition coefficient (Wildman–Crippen LogP) is 2.82. The number of nitrogens with one attached hydrogen (secondary N) is 1. The van der Waals surface area contributed by atoms with Crippen molar-refractivity contribution in [3.8, 4) is 0 Å². The largest absolute Gasteiger partial charge is 0.371 e. The first-order valence-electron chi connectivity index (χ1n) is 7.15. The van der Waals surface area contributed by atoms with Gasteiger partial charge in [0.1, 0.15) is 5.84 Å². The van der Waals surface area contributed by atoms with E-state index in [4.69, 9.17) is 4.99 Å². The molecule has 1 N–H and O–H groups in total. The lowest BCUT2D eigenvalue weighted by Gasteiger charge is -2.31. The van der Waals surface area contributed by atoms with E-state index < -0.39 is 0 Å². The highest BCUT2D eigenvalue weighted by molar-refractivity contribution is 6.09. The van der Waals surface area contributed by atoms with Crippen molar-refractivity contribution in [1.29, 1.82) is 0 Å². The zero-order valence-electron chi connectivity index (χ0n) is 11.3. The van der Waals surface area contributed by atoms with Gasteiger partial charge in [-0.2, -0.15) is 0 Å². The monoisotopic (exact) mass is 256 g/mol. The van der Waals surface area contributed by atoms with Crippen LogP contribution in [0.4, 0.5) is 0 Å². The number of ketones is 1. The SMILES string of the molecule is CC1NC(CC(=O)c2ccccc2)=NC2CCCC21. The van der Waals surface area contributed by atoms with Gasteiger partial charge in [-0.1, -0.05) is 36.8 Å². The number of amidine groups is 1. The second-order valence-electron chi connectivity index (χ2n) is 5.64. The average Bonchev–Trinajstić information content (AvgIpc) is 2.88. The second-order valence-corrected chi connectivity index (χ2v) is 5.64. The maximum Gasteiger partial charge on any atom is 0.170 e. The molecule has 1 aliphatic heterocycles. The van der Waals surface area contributed by atoms with Crippen LogP contribution in [0, 0.1) is 5.92 Å². The van der Waals surface area contributed by atoms with Crippen molar-refractivity contribution >= 4 is 11.6 Å². The molecule has 1 aromatic carbocycles. The molecule has 3 heteroatoms. The normalized spacial score (nSPS) is 29.3. The summed E-state index contributed by atoms with van der Waals surface area (Å²) < 4.78 is 0. The minimum Gasteiger partial charge on any atom is -0.371 e. The van der Waals surface area contributed by atoms with Crippen LogP contribution < -0.4 is 5.32 Å². The van der Waals surface area contributed by atoms with E-state index >= 15 is 0 Å². The van der Waals surface area contributed by atoms with Crippen molar-refractivity contribution < 1.29 is 4.79 Å². The van der Waals surface area contributed by atoms with Crippen molar-refractivity contribution in [2.45, 2.75) is 44.7 Å². The maximum atomic E-state index is 12.2. The van der Waals surface area contributed by atoms with E-state index in [1.165, 1.54) is 19.3 Å². The molecule has 3 unspecified atom stereocenters. The van der Waals surface area contributed by atoms with Gasteiger partial charge in [-0.3, -0.25) is 9.79 Å². The van der Waals surface area contributed by atoms with Gasteiger partial charge in [0.05, 0.1) is 12.5 Å². The highest BCUT2D eigenvalue weighted by atomic mass is 16.1. The lowest BCUT2D eigenvalue weighted by Crippen LogP contribution is -2.46. The molecule has 1 fully saturated rings. The fourth-order valence-corrected chi connectivity index (χ4v) is 3.29. The van der Waals surface area contributed by atoms with Crippen molar-refractivity contribution in [2.75, 3.05) is 0 Å². The van der Waals surface area contributed by atoms with E-state index in [0.29, 0.717) is 24.4 Å². The van der Waals surface area contributed by atoms with E-state index in [0.717, 1.165) is 11.4 Å². The Balaban J connectivity index is 1.72. The minimum atomic E-state index is 0.149. The summed E-state index contributed by atoms with van der Waals surface area (Å²) in [5.74, 6) is 1.69. The molecule has 0 spiro atoms. The van der Waals surface area contributed by atoms with Crippen molar-refractivity contribution in [2.24, 2.45) is 10.9 Å². The third-order valence-electron chi connectivity index (χ3n) is 4.31. The Hall–Kier alpha value is -1.64. The predicted molar refractivity (Wildman–Crippen MR) is 76.6 cm³/mol. The van der Waals surface area contributed by atoms with E-state index in [1.54, 1.807) is 0 Å². The molecule has 1 aliphatic carbocycles. The summed E-state index contributed by atoms with van der Waals surface area (Å²) in [5, 5.41) is 3.42. The standard InChI is InChI=1S/C16H20N2O/c1-11-13-8-5-9-14(13)18-16(17-11)10-15(19)12-6-3-2-4-7-12/h2-4,6-7,11,13-14H,5,8-10H2,1H3,(H,17,18). The summed E-state index contributed by atoms with van der Waals surface area (Å²) in [7, 11) is 0. The number of carbonyl (C=O) groups excluding carboxylic acids is 1. The molecule has 3 atom stereocenters. The fourth-order valence-electron chi connectivity index (χ4n) is 3.29. The van der Waals surface area contributed by atoms with Crippen molar-refractivity contribution in [3.05, 3.63) is 35.9 Å². The molecule has 3 rings (SSSR count). The van der Waals surface area contributed by atoms with Crippen LogP contribution in [-0.4, -0.2) is 23.7 Å². The van der Waals surface area contributed by atoms with E-state index in [2.05, 4.69) is 12.2 Å². The first-order valence-corrected chi connectivity index (χ1v) is 7.15. The van der Waals surface area contributed by atoms with Gasteiger partial charge in [-0.25, -0.2) is 0 Å². The second kappa shape index (κ2) is 5.16. The number of aliphatic imine (C=N–C) groups is 1. The number of Topliss-reactive ketones (excluding diaryl/α,β-unsaturated/α-hetero) is 1. The van der Waals surface area contributed by atoms with Crippen LogP contribution in [0.2, 0.25) is 0 Å². The van der Waals surface area contributed by atoms with Gasteiger partial charge in [0, 0.05) is 17.5 Å². The molecule has 3 nitrogen and oxygen atoms in total. The Kier molecular flexibility index (Phi) is 3.36. The lowest BCUT2D eigenvalue weighted by atomic mass is 9.93. The molecule has 2 aliphatic rings. The van der Waals surface area contributed by atoms with Crippen LogP contribution in [-0.2, 0) is 0 Å². The van der Waals surface area contributed by atoms with Gasteiger partial charge < -0.3 is 5.32 Å². The zero-order chi connectivity index (χ0) is 13.2. The topological polar surface area (TPSA) is 41.5 Å². The van der Waals surface area contributed by atoms with Crippen LogP contribution in [0.15, 0.2) is 35.3 Å². The number of benzene rings is 1. The molecule has 1 aromatic rings. The smallest absolute Gasteiger partial charge is 0.170 e. The Morgan fingerprint density at radius 3 is 2.89 bits per heavy atom. The molecule has 1 heterocycles. The first-order chi connectivity index (χ1) is 9.24. The quantitative estimate of drug-likeness (QED) is 0.845. The Labute approximate surface area is 114 Å². The summed E-state index contributed by atoms with van der Waals surface area (Å²) in [6.45, 7) is 2.21. The highest BCUT2D eigenvalue weighted by Crippen LogP contribution is 2.33. The van der Waals surface area contributed by atoms with E-state index in [-0.39, 0.29) is 5.78 Å². The van der Waals surface area contributed by atoms with Gasteiger partial charge in [0.25, 0.3) is 0 Å². The summed E-state index contributed by atoms with van der Waals surface area (Å²) in [6, 6.07) is 10.4. The number of hydrogen-bond acceptors (Lipinski definition) is 3. The Morgan fingerprint density at radius 1 is 1.32 bits per heavy atom. The molecule has 0 radical (unpaired) electrons. The molecule has 0 aromatic heterocycles. The summed E-state index contributed by atoms with van der Waals surface area (Å²) in [5.41, 5.74) is 0.771. The zero-order valence-corrected chi connectivity index (χ0v) is 11.3. The number of rotatable bonds is 3. The van der Waals surface area contributed by atoms with Crippen molar-refractivity contribution in [3.63, 3.8) is 0 Å². The molecule has 0 amide bonds. The van der Waals surface area contributed by atoms with Crippen LogP contribution in [0.25, 0.3) is 0 Å². The Bertz CT molecular complexity index is 495.